The van der Waals surface area contributed by atoms with Crippen LogP contribution >= 0.6 is 0 Å². The summed E-state index contributed by atoms with van der Waals surface area (Å²) < 4.78 is 2.31. The van der Waals surface area contributed by atoms with E-state index in [1.165, 1.54) is 32.1 Å². The molecule has 0 aromatic heterocycles. The molecule has 1 fully saturated rings. The molecule has 0 spiro atoms. The molecule has 0 atom stereocenters. The van der Waals surface area contributed by atoms with E-state index in [0.29, 0.717) is 6.04 Å². The van der Waals surface area contributed by atoms with Gasteiger partial charge in [0.15, 0.2) is 0 Å². The smallest absolute Gasteiger partial charge is 0.114 e. The minimum Gasteiger partial charge on any atom is -0.382 e. The van der Waals surface area contributed by atoms with Crippen LogP contribution in [0.15, 0.2) is 102 Å². The van der Waals surface area contributed by atoms with Gasteiger partial charge in [-0.15, -0.1) is 0 Å². The van der Waals surface area contributed by atoms with Crippen molar-refractivity contribution in [1.82, 2.24) is 9.55 Å². The van der Waals surface area contributed by atoms with Crippen LogP contribution in [0.4, 0.5) is 11.4 Å². The van der Waals surface area contributed by atoms with Gasteiger partial charge in [0.1, 0.15) is 5.69 Å². The van der Waals surface area contributed by atoms with E-state index in [0.717, 1.165) is 44.8 Å². The van der Waals surface area contributed by atoms with Gasteiger partial charge >= 0.3 is 0 Å². The average Bonchev–Trinajstić information content (AvgIpc) is 2.89. The van der Waals surface area contributed by atoms with E-state index < -0.39 is 0 Å². The molecule has 0 unspecified atom stereocenters. The summed E-state index contributed by atoms with van der Waals surface area (Å²) >= 11 is 0. The van der Waals surface area contributed by atoms with Crippen molar-refractivity contribution in [2.75, 3.05) is 5.32 Å². The van der Waals surface area contributed by atoms with Crippen molar-refractivity contribution >= 4 is 22.4 Å². The second-order valence-corrected chi connectivity index (χ2v) is 9.06. The molecule has 0 bridgehead atoms. The van der Waals surface area contributed by atoms with Crippen LogP contribution < -0.4 is 10.7 Å². The van der Waals surface area contributed by atoms with Crippen molar-refractivity contribution in [1.29, 1.82) is 0 Å². The van der Waals surface area contributed by atoms with Gasteiger partial charge in [0, 0.05) is 17.4 Å². The Morgan fingerprint density at radius 1 is 0.765 bits per heavy atom. The fourth-order valence-corrected chi connectivity index (χ4v) is 5.04. The lowest BCUT2D eigenvalue weighted by atomic mass is 9.95. The van der Waals surface area contributed by atoms with E-state index in [1.807, 2.05) is 36.4 Å². The summed E-state index contributed by atoms with van der Waals surface area (Å²) in [7, 11) is 0. The maximum atomic E-state index is 5.11. The third kappa shape index (κ3) is 4.08. The maximum Gasteiger partial charge on any atom is 0.114 e. The monoisotopic (exact) mass is 444 g/mol. The summed E-state index contributed by atoms with van der Waals surface area (Å²) in [4.78, 5) is 10.2. The highest BCUT2D eigenvalue weighted by atomic mass is 15.0. The van der Waals surface area contributed by atoms with Crippen LogP contribution in [0.2, 0.25) is 0 Å². The topological polar surface area (TPSA) is 42.2 Å². The summed E-state index contributed by atoms with van der Waals surface area (Å²) in [5.74, 6) is 0. The Labute approximate surface area is 200 Å². The lowest BCUT2D eigenvalue weighted by molar-refractivity contribution is 0.462. The summed E-state index contributed by atoms with van der Waals surface area (Å²) in [6.45, 7) is 0. The zero-order valence-corrected chi connectivity index (χ0v) is 19.2. The van der Waals surface area contributed by atoms with Gasteiger partial charge in [0.2, 0.25) is 0 Å². The number of anilines is 1. The van der Waals surface area contributed by atoms with E-state index in [9.17, 15) is 0 Å². The molecule has 3 aromatic rings. The highest BCUT2D eigenvalue weighted by Crippen LogP contribution is 2.30. The molecule has 0 saturated heterocycles. The van der Waals surface area contributed by atoms with Gasteiger partial charge in [0.05, 0.1) is 27.8 Å². The molecule has 6 rings (SSSR count). The third-order valence-electron chi connectivity index (χ3n) is 6.66. The summed E-state index contributed by atoms with van der Waals surface area (Å²) in [6, 6.07) is 34.0. The van der Waals surface area contributed by atoms with Crippen LogP contribution in [-0.4, -0.2) is 15.6 Å². The third-order valence-corrected chi connectivity index (χ3v) is 6.66. The van der Waals surface area contributed by atoms with Crippen LogP contribution in [0.3, 0.4) is 0 Å². The molecule has 4 heteroatoms. The Bertz CT molecular complexity index is 1450. The van der Waals surface area contributed by atoms with Gasteiger partial charge in [-0.3, -0.25) is 0 Å². The van der Waals surface area contributed by atoms with E-state index in [2.05, 4.69) is 70.5 Å². The standard InChI is InChI=1S/C30H28N4/c1-4-12-22(13-5-1)31-24-20-27(32-23-14-6-2-7-15-23)30-29(21-24)34(25-16-8-3-9-17-25)28-19-11-10-18-26(28)33-30/h2-3,6-11,14-22,31H,1,4-5,12-13H2. The SMILES string of the molecule is c1ccc(N=c2cc(NC3CCCCC3)cc3n(-c4ccccc4)c4ccccc4nc2-3)cc1. The molecule has 1 saturated carbocycles. The Balaban J connectivity index is 1.64. The number of benzene rings is 4. The fraction of sp³-hybridized carbons (Fsp3) is 0.200. The predicted octanol–water partition coefficient (Wildman–Crippen LogP) is 7.11. The number of hydrogen-bond donors (Lipinski definition) is 1. The van der Waals surface area contributed by atoms with E-state index in [1.54, 1.807) is 0 Å². The van der Waals surface area contributed by atoms with Gasteiger partial charge in [0.25, 0.3) is 0 Å². The number of fused-ring (bicyclic) bond motifs is 2. The molecular weight excluding hydrogens is 416 g/mol. The number of para-hydroxylation sites is 4. The fourth-order valence-electron chi connectivity index (χ4n) is 5.04. The second kappa shape index (κ2) is 9.14. The molecule has 2 aliphatic carbocycles. The molecular formula is C30H28N4. The largest absolute Gasteiger partial charge is 0.382 e. The molecule has 3 aliphatic rings. The molecule has 0 radical (unpaired) electrons. The predicted molar refractivity (Wildman–Crippen MR) is 140 cm³/mol. The highest BCUT2D eigenvalue weighted by molar-refractivity contribution is 5.84. The zero-order chi connectivity index (χ0) is 22.7. The first kappa shape index (κ1) is 20.7. The molecule has 1 N–H and O–H groups in total. The first-order chi connectivity index (χ1) is 16.8. The van der Waals surface area contributed by atoms with Gasteiger partial charge in [-0.05, 0) is 61.4 Å². The Hall–Kier alpha value is -3.92. The Morgan fingerprint density at radius 3 is 2.26 bits per heavy atom. The molecule has 1 aliphatic heterocycles. The number of aromatic nitrogens is 2. The molecule has 168 valence electrons. The van der Waals surface area contributed by atoms with Gasteiger partial charge < -0.3 is 9.88 Å². The number of hydrogen-bond acceptors (Lipinski definition) is 3. The Morgan fingerprint density at radius 2 is 1.47 bits per heavy atom. The zero-order valence-electron chi connectivity index (χ0n) is 19.2. The number of nitrogens with zero attached hydrogens (tertiary/aromatic N) is 3. The van der Waals surface area contributed by atoms with Gasteiger partial charge in [-0.25, -0.2) is 9.98 Å². The minimum atomic E-state index is 0.509. The van der Waals surface area contributed by atoms with Crippen molar-refractivity contribution in [3.63, 3.8) is 0 Å². The van der Waals surface area contributed by atoms with Crippen molar-refractivity contribution in [2.45, 2.75) is 38.1 Å². The highest BCUT2D eigenvalue weighted by Gasteiger charge is 2.19. The lowest BCUT2D eigenvalue weighted by Crippen LogP contribution is -2.24. The number of nitrogens with one attached hydrogen (secondary N) is 1. The molecule has 0 amide bonds. The van der Waals surface area contributed by atoms with E-state index in [-0.39, 0.29) is 0 Å². The van der Waals surface area contributed by atoms with E-state index in [4.69, 9.17) is 9.98 Å². The lowest BCUT2D eigenvalue weighted by Gasteiger charge is -2.25. The average molecular weight is 445 g/mol. The summed E-state index contributed by atoms with van der Waals surface area (Å²) in [5.41, 5.74) is 7.15. The van der Waals surface area contributed by atoms with Crippen LogP contribution in [0.5, 0.6) is 0 Å². The quantitative estimate of drug-likeness (QED) is 0.300. The van der Waals surface area contributed by atoms with E-state index >= 15 is 0 Å². The normalized spacial score (nSPS) is 15.1. The summed E-state index contributed by atoms with van der Waals surface area (Å²) in [5, 5.41) is 4.71. The van der Waals surface area contributed by atoms with Crippen molar-refractivity contribution in [3.8, 4) is 17.1 Å². The molecule has 34 heavy (non-hydrogen) atoms. The van der Waals surface area contributed by atoms with Gasteiger partial charge in [-0.2, -0.15) is 0 Å². The Kier molecular flexibility index (Phi) is 5.56. The molecule has 4 nitrogen and oxygen atoms in total. The first-order valence-corrected chi connectivity index (χ1v) is 12.2. The number of rotatable bonds is 4. The van der Waals surface area contributed by atoms with Crippen LogP contribution in [-0.2, 0) is 0 Å². The minimum absolute atomic E-state index is 0.509. The van der Waals surface area contributed by atoms with Crippen LogP contribution in [0, 0.1) is 0 Å². The van der Waals surface area contributed by atoms with Crippen LogP contribution in [0.25, 0.3) is 28.1 Å². The van der Waals surface area contributed by atoms with Crippen molar-refractivity contribution < 1.29 is 0 Å². The first-order valence-electron chi connectivity index (χ1n) is 12.2. The second-order valence-electron chi connectivity index (χ2n) is 9.06. The van der Waals surface area contributed by atoms with Gasteiger partial charge in [-0.1, -0.05) is 67.8 Å². The van der Waals surface area contributed by atoms with Crippen molar-refractivity contribution in [2.24, 2.45) is 4.99 Å². The molecule has 1 heterocycles. The molecule has 3 aromatic carbocycles. The maximum absolute atomic E-state index is 5.11. The summed E-state index contributed by atoms with van der Waals surface area (Å²) in [6.07, 6.45) is 6.37. The van der Waals surface area contributed by atoms with Crippen molar-refractivity contribution in [3.05, 3.63) is 102 Å². The van der Waals surface area contributed by atoms with Crippen LogP contribution in [0.1, 0.15) is 32.1 Å².